The maximum Gasteiger partial charge on any atom is 0.228 e. The predicted molar refractivity (Wildman–Crippen MR) is 134 cm³/mol. The molecule has 5 heterocycles. The minimum Gasteiger partial charge on any atom is -0.378 e. The van der Waals surface area contributed by atoms with Gasteiger partial charge in [-0.3, -0.25) is 0 Å². The maximum absolute atomic E-state index is 5.60. The molecule has 0 bridgehead atoms. The molecular formula is C25H30N8O. The number of hydrogen-bond acceptors (Lipinski definition) is 8. The highest BCUT2D eigenvalue weighted by atomic mass is 16.5. The molecule has 2 fully saturated rings. The van der Waals surface area contributed by atoms with Crippen molar-refractivity contribution in [2.24, 2.45) is 0 Å². The number of piperidine rings is 1. The molecule has 3 aromatic heterocycles. The van der Waals surface area contributed by atoms with Crippen LogP contribution < -0.4 is 9.80 Å². The van der Waals surface area contributed by atoms with E-state index in [9.17, 15) is 0 Å². The maximum atomic E-state index is 5.60. The first-order valence-corrected chi connectivity index (χ1v) is 12.0. The highest BCUT2D eigenvalue weighted by Gasteiger charge is 2.26. The van der Waals surface area contributed by atoms with Gasteiger partial charge in [0.15, 0.2) is 11.6 Å². The summed E-state index contributed by atoms with van der Waals surface area (Å²) in [7, 11) is 4.32. The third-order valence-corrected chi connectivity index (χ3v) is 7.02. The molecule has 0 unspecified atom stereocenters. The van der Waals surface area contributed by atoms with Crippen LogP contribution in [0.5, 0.6) is 0 Å². The summed E-state index contributed by atoms with van der Waals surface area (Å²) < 4.78 is 7.67. The van der Waals surface area contributed by atoms with E-state index in [0.717, 1.165) is 67.6 Å². The number of ether oxygens (including phenoxy) is 1. The molecule has 9 heteroatoms. The lowest BCUT2D eigenvalue weighted by molar-refractivity contribution is 0.122. The van der Waals surface area contributed by atoms with Gasteiger partial charge < -0.3 is 24.0 Å². The smallest absolute Gasteiger partial charge is 0.228 e. The molecule has 4 aromatic rings. The van der Waals surface area contributed by atoms with Crippen LogP contribution in [0.4, 0.5) is 11.8 Å². The molecule has 34 heavy (non-hydrogen) atoms. The number of nitrogens with zero attached hydrogens (tertiary/aromatic N) is 8. The molecule has 0 radical (unpaired) electrons. The van der Waals surface area contributed by atoms with Crippen molar-refractivity contribution in [3.05, 3.63) is 43.0 Å². The fraction of sp³-hybridized carbons (Fsp3) is 0.440. The third-order valence-electron chi connectivity index (χ3n) is 7.02. The summed E-state index contributed by atoms with van der Waals surface area (Å²) in [6, 6.07) is 8.94. The quantitative estimate of drug-likeness (QED) is 0.462. The number of hydrogen-bond donors (Lipinski definition) is 0. The van der Waals surface area contributed by atoms with Gasteiger partial charge in [-0.15, -0.1) is 0 Å². The van der Waals surface area contributed by atoms with E-state index in [0.29, 0.717) is 19.3 Å². The van der Waals surface area contributed by atoms with Gasteiger partial charge in [-0.2, -0.15) is 4.98 Å². The summed E-state index contributed by atoms with van der Waals surface area (Å²) in [6.07, 6.45) is 8.04. The van der Waals surface area contributed by atoms with Crippen molar-refractivity contribution < 1.29 is 4.74 Å². The van der Waals surface area contributed by atoms with Crippen LogP contribution in [-0.2, 0) is 4.74 Å². The second kappa shape index (κ2) is 8.81. The van der Waals surface area contributed by atoms with E-state index in [2.05, 4.69) is 80.0 Å². The Kier molecular flexibility index (Phi) is 5.50. The van der Waals surface area contributed by atoms with Crippen LogP contribution in [0.25, 0.3) is 27.6 Å². The molecule has 2 aliphatic heterocycles. The largest absolute Gasteiger partial charge is 0.378 e. The van der Waals surface area contributed by atoms with Gasteiger partial charge in [0.1, 0.15) is 17.4 Å². The Morgan fingerprint density at radius 1 is 0.824 bits per heavy atom. The Morgan fingerprint density at radius 3 is 2.21 bits per heavy atom. The lowest BCUT2D eigenvalue weighted by Crippen LogP contribution is -2.43. The molecule has 6 rings (SSSR count). The third kappa shape index (κ3) is 3.84. The zero-order chi connectivity index (χ0) is 23.1. The van der Waals surface area contributed by atoms with Crippen LogP contribution >= 0.6 is 0 Å². The van der Waals surface area contributed by atoms with Crippen LogP contribution in [0.1, 0.15) is 12.8 Å². The zero-order valence-electron chi connectivity index (χ0n) is 19.8. The molecule has 0 aliphatic carbocycles. The van der Waals surface area contributed by atoms with Crippen molar-refractivity contribution in [3.63, 3.8) is 0 Å². The molecule has 0 spiro atoms. The Morgan fingerprint density at radius 2 is 1.53 bits per heavy atom. The minimum atomic E-state index is 0.599. The van der Waals surface area contributed by atoms with E-state index in [1.807, 2.05) is 0 Å². The second-order valence-electron chi connectivity index (χ2n) is 9.32. The summed E-state index contributed by atoms with van der Waals surface area (Å²) in [6.45, 7) is 4.84. The highest BCUT2D eigenvalue weighted by Crippen LogP contribution is 2.30. The predicted octanol–water partition coefficient (Wildman–Crippen LogP) is 2.73. The van der Waals surface area contributed by atoms with Crippen molar-refractivity contribution in [3.8, 4) is 5.82 Å². The number of rotatable bonds is 4. The standard InChI is InChI=1S/C25H30N8O/c1-30(2)20-7-9-32(10-8-20)25-28-22-21(24(29-25)31-11-13-34-14-12-31)26-17-27-23(22)33-15-18-5-3-4-6-19(18)16-33/h3-6,15-17,20H,7-14H2,1-2H3. The molecular weight excluding hydrogens is 428 g/mol. The van der Waals surface area contributed by atoms with Crippen LogP contribution in [-0.4, -0.2) is 88.9 Å². The fourth-order valence-corrected chi connectivity index (χ4v) is 5.02. The first-order chi connectivity index (χ1) is 16.7. The molecule has 0 N–H and O–H groups in total. The zero-order valence-corrected chi connectivity index (χ0v) is 19.8. The number of anilines is 2. The van der Waals surface area contributed by atoms with Crippen LogP contribution in [0, 0.1) is 0 Å². The average Bonchev–Trinajstić information content (AvgIpc) is 3.32. The molecule has 176 valence electrons. The summed E-state index contributed by atoms with van der Waals surface area (Å²) >= 11 is 0. The molecule has 9 nitrogen and oxygen atoms in total. The van der Waals surface area contributed by atoms with Crippen LogP contribution in [0.15, 0.2) is 43.0 Å². The Bertz CT molecular complexity index is 1270. The monoisotopic (exact) mass is 458 g/mol. The topological polar surface area (TPSA) is 75.4 Å². The number of morpholine rings is 1. The molecule has 2 aliphatic rings. The number of aromatic nitrogens is 5. The molecule has 2 saturated heterocycles. The lowest BCUT2D eigenvalue weighted by Gasteiger charge is -2.36. The first kappa shape index (κ1) is 21.2. The van der Waals surface area contributed by atoms with Gasteiger partial charge in [-0.1, -0.05) is 24.3 Å². The average molecular weight is 459 g/mol. The molecule has 0 amide bonds. The van der Waals surface area contributed by atoms with E-state index in [1.54, 1.807) is 6.33 Å². The van der Waals surface area contributed by atoms with Gasteiger partial charge in [0.05, 0.1) is 13.2 Å². The van der Waals surface area contributed by atoms with E-state index in [-0.39, 0.29) is 0 Å². The normalized spacial score (nSPS) is 17.9. The first-order valence-electron chi connectivity index (χ1n) is 12.0. The second-order valence-corrected chi connectivity index (χ2v) is 9.32. The van der Waals surface area contributed by atoms with Gasteiger partial charge in [0, 0.05) is 44.6 Å². The SMILES string of the molecule is CN(C)C1CCN(c2nc(N3CCOCC3)c3ncnc(-n4cc5ccccc5c4)c3n2)CC1. The Hall–Kier alpha value is -3.30. The summed E-state index contributed by atoms with van der Waals surface area (Å²) in [5.41, 5.74) is 1.57. The molecule has 1 aromatic carbocycles. The van der Waals surface area contributed by atoms with Crippen molar-refractivity contribution in [1.82, 2.24) is 29.4 Å². The van der Waals surface area contributed by atoms with Gasteiger partial charge >= 0.3 is 0 Å². The molecule has 0 saturated carbocycles. The van der Waals surface area contributed by atoms with Gasteiger partial charge in [0.2, 0.25) is 5.95 Å². The Balaban J connectivity index is 1.48. The van der Waals surface area contributed by atoms with Gasteiger partial charge in [0.25, 0.3) is 0 Å². The van der Waals surface area contributed by atoms with Crippen molar-refractivity contribution >= 4 is 33.6 Å². The van der Waals surface area contributed by atoms with Crippen molar-refractivity contribution in [2.75, 3.05) is 63.3 Å². The van der Waals surface area contributed by atoms with E-state index in [4.69, 9.17) is 14.7 Å². The van der Waals surface area contributed by atoms with Crippen LogP contribution in [0.2, 0.25) is 0 Å². The van der Waals surface area contributed by atoms with E-state index >= 15 is 0 Å². The number of fused-ring (bicyclic) bond motifs is 2. The number of benzene rings is 1. The van der Waals surface area contributed by atoms with Gasteiger partial charge in [-0.05, 0) is 37.7 Å². The summed E-state index contributed by atoms with van der Waals surface area (Å²) in [5, 5.41) is 2.34. The highest BCUT2D eigenvalue weighted by molar-refractivity contribution is 5.92. The van der Waals surface area contributed by atoms with Crippen LogP contribution in [0.3, 0.4) is 0 Å². The molecule has 0 atom stereocenters. The van der Waals surface area contributed by atoms with E-state index < -0.39 is 0 Å². The van der Waals surface area contributed by atoms with Crippen molar-refractivity contribution in [2.45, 2.75) is 18.9 Å². The summed E-state index contributed by atoms with van der Waals surface area (Å²) in [4.78, 5) is 26.4. The van der Waals surface area contributed by atoms with Gasteiger partial charge in [-0.25, -0.2) is 15.0 Å². The van der Waals surface area contributed by atoms with Crippen molar-refractivity contribution in [1.29, 1.82) is 0 Å². The fourth-order valence-electron chi connectivity index (χ4n) is 5.02. The summed E-state index contributed by atoms with van der Waals surface area (Å²) in [5.74, 6) is 2.42. The minimum absolute atomic E-state index is 0.599. The Labute approximate surface area is 199 Å². The van der Waals surface area contributed by atoms with E-state index in [1.165, 1.54) is 10.8 Å². The lowest BCUT2D eigenvalue weighted by atomic mass is 10.0.